The summed E-state index contributed by atoms with van der Waals surface area (Å²) in [4.78, 5) is 26.9. The zero-order valence-corrected chi connectivity index (χ0v) is 15.1. The Morgan fingerprint density at radius 1 is 1.21 bits per heavy atom. The van der Waals surface area contributed by atoms with E-state index < -0.39 is 0 Å². The fourth-order valence-electron chi connectivity index (χ4n) is 3.59. The van der Waals surface area contributed by atoms with Crippen molar-refractivity contribution in [1.82, 2.24) is 4.90 Å². The number of carbonyl (C=O) groups excluding carboxylic acids is 2. The summed E-state index contributed by atoms with van der Waals surface area (Å²) >= 11 is 0. The molecule has 1 aliphatic carbocycles. The Labute approximate surface area is 145 Å². The molecular weight excluding hydrogens is 302 g/mol. The third-order valence-electron chi connectivity index (χ3n) is 4.97. The van der Waals surface area contributed by atoms with Crippen LogP contribution in [0.25, 0.3) is 0 Å². The van der Waals surface area contributed by atoms with Crippen LogP contribution in [0.1, 0.15) is 61.9 Å². The number of carbonyl (C=O) groups is 2. The van der Waals surface area contributed by atoms with Crippen molar-refractivity contribution in [2.75, 3.05) is 13.2 Å². The van der Waals surface area contributed by atoms with Crippen LogP contribution in [0.15, 0.2) is 24.3 Å². The van der Waals surface area contributed by atoms with Crippen molar-refractivity contribution in [3.05, 3.63) is 35.4 Å². The van der Waals surface area contributed by atoms with Gasteiger partial charge in [0.15, 0.2) is 0 Å². The summed E-state index contributed by atoms with van der Waals surface area (Å²) in [7, 11) is 0. The van der Waals surface area contributed by atoms with E-state index in [4.69, 9.17) is 4.74 Å². The third-order valence-corrected chi connectivity index (χ3v) is 4.97. The summed E-state index contributed by atoms with van der Waals surface area (Å²) in [6.07, 6.45) is 4.78. The summed E-state index contributed by atoms with van der Waals surface area (Å²) in [5, 5.41) is 0. The molecule has 4 heteroatoms. The smallest absolute Gasteiger partial charge is 0.307 e. The van der Waals surface area contributed by atoms with Crippen LogP contribution in [0.4, 0.5) is 0 Å². The number of rotatable bonds is 6. The first-order chi connectivity index (χ1) is 11.5. The monoisotopic (exact) mass is 331 g/mol. The molecule has 0 N–H and O–H groups in total. The van der Waals surface area contributed by atoms with E-state index in [0.717, 1.165) is 30.4 Å². The maximum atomic E-state index is 13.2. The number of amides is 1. The van der Waals surface area contributed by atoms with Crippen molar-refractivity contribution in [1.29, 1.82) is 0 Å². The average molecular weight is 331 g/mol. The largest absolute Gasteiger partial charge is 0.466 e. The van der Waals surface area contributed by atoms with Crippen molar-refractivity contribution >= 4 is 11.9 Å². The molecular formula is C20H29NO3. The van der Waals surface area contributed by atoms with E-state index >= 15 is 0 Å². The lowest BCUT2D eigenvalue weighted by Crippen LogP contribution is -2.46. The Bertz CT molecular complexity index is 570. The van der Waals surface area contributed by atoms with Crippen LogP contribution in [-0.2, 0) is 9.53 Å². The van der Waals surface area contributed by atoms with Crippen molar-refractivity contribution in [2.24, 2.45) is 5.92 Å². The standard InChI is InChI=1S/C20H29NO3/c1-4-24-19(22)13-14-21(18-12-8-6-10-16(18)3)20(23)17-11-7-5-9-15(17)2/h5,7,9,11,16,18H,4,6,8,10,12-14H2,1-3H3. The third kappa shape index (κ3) is 4.59. The van der Waals surface area contributed by atoms with Gasteiger partial charge in [0.25, 0.3) is 5.91 Å². The summed E-state index contributed by atoms with van der Waals surface area (Å²) in [5.41, 5.74) is 1.71. The van der Waals surface area contributed by atoms with Crippen molar-refractivity contribution in [3.63, 3.8) is 0 Å². The van der Waals surface area contributed by atoms with Gasteiger partial charge in [-0.1, -0.05) is 38.0 Å². The van der Waals surface area contributed by atoms with Gasteiger partial charge >= 0.3 is 5.97 Å². The van der Waals surface area contributed by atoms with Crippen molar-refractivity contribution in [3.8, 4) is 0 Å². The van der Waals surface area contributed by atoms with Crippen molar-refractivity contribution < 1.29 is 14.3 Å². The van der Waals surface area contributed by atoms with Crippen LogP contribution in [0.5, 0.6) is 0 Å². The molecule has 1 aliphatic rings. The number of ether oxygens (including phenoxy) is 1. The van der Waals surface area contributed by atoms with Gasteiger partial charge in [0.1, 0.15) is 0 Å². The van der Waals surface area contributed by atoms with Crippen LogP contribution in [0.3, 0.4) is 0 Å². The second kappa shape index (κ2) is 8.86. The number of aryl methyl sites for hydroxylation is 1. The van der Waals surface area contributed by atoms with E-state index in [9.17, 15) is 9.59 Å². The summed E-state index contributed by atoms with van der Waals surface area (Å²) in [6.45, 7) is 6.79. The van der Waals surface area contributed by atoms with Gasteiger partial charge in [0.05, 0.1) is 13.0 Å². The average Bonchev–Trinajstić information content (AvgIpc) is 2.57. The summed E-state index contributed by atoms with van der Waals surface area (Å²) in [6, 6.07) is 7.89. The molecule has 1 amide bonds. The minimum absolute atomic E-state index is 0.0381. The normalized spacial score (nSPS) is 20.5. The SMILES string of the molecule is CCOC(=O)CCN(C(=O)c1ccccc1C)C1CCCCC1C. The number of nitrogens with zero attached hydrogens (tertiary/aromatic N) is 1. The van der Waals surface area contributed by atoms with Gasteiger partial charge in [-0.15, -0.1) is 0 Å². The van der Waals surface area contributed by atoms with Gasteiger partial charge in [-0.2, -0.15) is 0 Å². The molecule has 0 aliphatic heterocycles. The molecule has 1 aromatic carbocycles. The number of hydrogen-bond acceptors (Lipinski definition) is 3. The predicted octanol–water partition coefficient (Wildman–Crippen LogP) is 3.97. The highest BCUT2D eigenvalue weighted by Gasteiger charge is 2.31. The first-order valence-corrected chi connectivity index (χ1v) is 9.06. The quantitative estimate of drug-likeness (QED) is 0.741. The van der Waals surface area contributed by atoms with E-state index in [1.165, 1.54) is 6.42 Å². The zero-order valence-electron chi connectivity index (χ0n) is 15.1. The Morgan fingerprint density at radius 2 is 1.92 bits per heavy atom. The molecule has 0 spiro atoms. The minimum atomic E-state index is -0.233. The molecule has 1 saturated carbocycles. The molecule has 132 valence electrons. The lowest BCUT2D eigenvalue weighted by molar-refractivity contribution is -0.143. The van der Waals surface area contributed by atoms with Crippen LogP contribution in [0, 0.1) is 12.8 Å². The first-order valence-electron chi connectivity index (χ1n) is 9.06. The number of benzene rings is 1. The second-order valence-corrected chi connectivity index (χ2v) is 6.70. The lowest BCUT2D eigenvalue weighted by atomic mass is 9.84. The van der Waals surface area contributed by atoms with Crippen LogP contribution < -0.4 is 0 Å². The zero-order chi connectivity index (χ0) is 17.5. The highest BCUT2D eigenvalue weighted by molar-refractivity contribution is 5.96. The molecule has 2 unspecified atom stereocenters. The fraction of sp³-hybridized carbons (Fsp3) is 0.600. The van der Waals surface area contributed by atoms with Crippen molar-refractivity contribution in [2.45, 2.75) is 58.9 Å². The minimum Gasteiger partial charge on any atom is -0.466 e. The molecule has 2 rings (SSSR count). The second-order valence-electron chi connectivity index (χ2n) is 6.70. The van der Waals surface area contributed by atoms with Gasteiger partial charge < -0.3 is 9.64 Å². The molecule has 0 heterocycles. The highest BCUT2D eigenvalue weighted by atomic mass is 16.5. The molecule has 0 saturated heterocycles. The van der Waals surface area contributed by atoms with E-state index in [1.807, 2.05) is 36.1 Å². The number of hydrogen-bond donors (Lipinski definition) is 0. The molecule has 2 atom stereocenters. The van der Waals surface area contributed by atoms with E-state index in [-0.39, 0.29) is 24.3 Å². The molecule has 24 heavy (non-hydrogen) atoms. The molecule has 0 bridgehead atoms. The van der Waals surface area contributed by atoms with E-state index in [2.05, 4.69) is 6.92 Å². The Hall–Kier alpha value is -1.84. The van der Waals surface area contributed by atoms with E-state index in [0.29, 0.717) is 19.1 Å². The lowest BCUT2D eigenvalue weighted by Gasteiger charge is -2.39. The Balaban J connectivity index is 2.19. The van der Waals surface area contributed by atoms with Gasteiger partial charge in [-0.25, -0.2) is 0 Å². The van der Waals surface area contributed by atoms with Gasteiger partial charge in [0.2, 0.25) is 0 Å². The molecule has 0 aromatic heterocycles. The topological polar surface area (TPSA) is 46.6 Å². The van der Waals surface area contributed by atoms with Crippen LogP contribution >= 0.6 is 0 Å². The van der Waals surface area contributed by atoms with Gasteiger partial charge in [0, 0.05) is 18.2 Å². The fourth-order valence-corrected chi connectivity index (χ4v) is 3.59. The highest BCUT2D eigenvalue weighted by Crippen LogP contribution is 2.29. The predicted molar refractivity (Wildman–Crippen MR) is 94.9 cm³/mol. The summed E-state index contributed by atoms with van der Waals surface area (Å²) in [5.74, 6) is 0.272. The summed E-state index contributed by atoms with van der Waals surface area (Å²) < 4.78 is 5.04. The molecule has 4 nitrogen and oxygen atoms in total. The van der Waals surface area contributed by atoms with Crippen LogP contribution in [0.2, 0.25) is 0 Å². The molecule has 1 fully saturated rings. The maximum absolute atomic E-state index is 13.2. The van der Waals surface area contributed by atoms with Gasteiger partial charge in [-0.05, 0) is 44.2 Å². The first kappa shape index (κ1) is 18.5. The van der Waals surface area contributed by atoms with Gasteiger partial charge in [-0.3, -0.25) is 9.59 Å². The molecule has 0 radical (unpaired) electrons. The Kier molecular flexibility index (Phi) is 6.83. The van der Waals surface area contributed by atoms with E-state index in [1.54, 1.807) is 6.92 Å². The van der Waals surface area contributed by atoms with Crippen LogP contribution in [-0.4, -0.2) is 36.0 Å². The Morgan fingerprint density at radius 3 is 2.58 bits per heavy atom. The number of esters is 1. The molecule has 1 aromatic rings. The maximum Gasteiger partial charge on any atom is 0.307 e.